The number of hydrogen-bond donors (Lipinski definition) is 1. The molecule has 1 aromatic heterocycles. The Labute approximate surface area is 169 Å². The average molecular weight is 414 g/mol. The fraction of sp³-hybridized carbons (Fsp3) is 0.350. The third kappa shape index (κ3) is 4.01. The molecule has 0 saturated carbocycles. The second-order valence-corrected chi connectivity index (χ2v) is 9.37. The Balaban J connectivity index is 1.38. The first-order chi connectivity index (χ1) is 13.9. The highest BCUT2D eigenvalue weighted by molar-refractivity contribution is 7.89. The number of nitrogens with zero attached hydrogens (tertiary/aromatic N) is 3. The van der Waals surface area contributed by atoms with Gasteiger partial charge in [-0.1, -0.05) is 28.9 Å². The molecule has 1 saturated heterocycles. The highest BCUT2D eigenvalue weighted by Crippen LogP contribution is 2.36. The van der Waals surface area contributed by atoms with Gasteiger partial charge < -0.3 is 10.2 Å². The smallest absolute Gasteiger partial charge is 0.269 e. The van der Waals surface area contributed by atoms with E-state index in [0.29, 0.717) is 19.5 Å². The van der Waals surface area contributed by atoms with Gasteiger partial charge in [-0.25, -0.2) is 8.42 Å². The lowest BCUT2D eigenvalue weighted by Crippen LogP contribution is -2.38. The summed E-state index contributed by atoms with van der Waals surface area (Å²) < 4.78 is 27.2. The number of aromatic nitrogens is 1. The number of aryl methyl sites for hydroxylation is 1. The van der Waals surface area contributed by atoms with Gasteiger partial charge in [0, 0.05) is 38.3 Å². The first-order valence-electron chi connectivity index (χ1n) is 9.37. The van der Waals surface area contributed by atoms with E-state index in [0.717, 1.165) is 11.1 Å². The third-order valence-corrected chi connectivity index (χ3v) is 7.08. The van der Waals surface area contributed by atoms with Gasteiger partial charge in [0.1, 0.15) is 5.71 Å². The van der Waals surface area contributed by atoms with E-state index >= 15 is 0 Å². The maximum absolute atomic E-state index is 12.9. The van der Waals surface area contributed by atoms with E-state index < -0.39 is 15.6 Å². The Kier molecular flexibility index (Phi) is 5.10. The van der Waals surface area contributed by atoms with E-state index in [4.69, 9.17) is 4.84 Å². The van der Waals surface area contributed by atoms with E-state index in [-0.39, 0.29) is 29.5 Å². The van der Waals surface area contributed by atoms with Crippen molar-refractivity contribution in [2.75, 3.05) is 13.1 Å². The predicted molar refractivity (Wildman–Crippen MR) is 107 cm³/mol. The molecule has 8 nitrogen and oxygen atoms in total. The summed E-state index contributed by atoms with van der Waals surface area (Å²) >= 11 is 0. The molecule has 1 fully saturated rings. The van der Waals surface area contributed by atoms with Crippen molar-refractivity contribution < 1.29 is 18.0 Å². The molecule has 1 atom stereocenters. The van der Waals surface area contributed by atoms with Crippen molar-refractivity contribution in [2.24, 2.45) is 5.16 Å². The molecule has 1 unspecified atom stereocenters. The molecule has 2 aliphatic rings. The molecule has 152 valence electrons. The molecule has 1 aromatic carbocycles. The molecule has 2 aromatic rings. The number of benzene rings is 1. The summed E-state index contributed by atoms with van der Waals surface area (Å²) in [5.41, 5.74) is 1.38. The normalized spacial score (nSPS) is 21.8. The molecule has 2 aliphatic heterocycles. The first-order valence-corrected chi connectivity index (χ1v) is 10.8. The van der Waals surface area contributed by atoms with Crippen LogP contribution >= 0.6 is 0 Å². The number of hydrogen-bond acceptors (Lipinski definition) is 6. The largest absolute Gasteiger partial charge is 0.387 e. The number of carbonyl (C=O) groups excluding carboxylic acids is 1. The van der Waals surface area contributed by atoms with Crippen LogP contribution in [0.4, 0.5) is 0 Å². The van der Waals surface area contributed by atoms with Crippen LogP contribution in [0.2, 0.25) is 0 Å². The highest BCUT2D eigenvalue weighted by atomic mass is 32.2. The fourth-order valence-corrected chi connectivity index (χ4v) is 5.04. The molecule has 0 aliphatic carbocycles. The quantitative estimate of drug-likeness (QED) is 0.801. The van der Waals surface area contributed by atoms with Crippen LogP contribution in [0.3, 0.4) is 0 Å². The van der Waals surface area contributed by atoms with Crippen LogP contribution in [0.25, 0.3) is 0 Å². The molecule has 29 heavy (non-hydrogen) atoms. The Bertz CT molecular complexity index is 1040. The zero-order valence-corrected chi connectivity index (χ0v) is 16.9. The van der Waals surface area contributed by atoms with Crippen LogP contribution in [0.1, 0.15) is 24.0 Å². The van der Waals surface area contributed by atoms with Crippen molar-refractivity contribution in [2.45, 2.75) is 36.8 Å². The lowest BCUT2D eigenvalue weighted by molar-refractivity contribution is -0.115. The maximum Gasteiger partial charge on any atom is 0.269 e. The summed E-state index contributed by atoms with van der Waals surface area (Å²) in [4.78, 5) is 22.3. The summed E-state index contributed by atoms with van der Waals surface area (Å²) in [6, 6.07) is 10.4. The maximum atomic E-state index is 12.9. The molecular formula is C20H22N4O4S. The van der Waals surface area contributed by atoms with Crippen molar-refractivity contribution in [3.05, 3.63) is 59.9 Å². The van der Waals surface area contributed by atoms with E-state index in [1.807, 2.05) is 13.0 Å². The summed E-state index contributed by atoms with van der Waals surface area (Å²) in [6.45, 7) is 2.75. The zero-order chi connectivity index (χ0) is 20.5. The highest BCUT2D eigenvalue weighted by Gasteiger charge is 2.49. The number of rotatable bonds is 5. The van der Waals surface area contributed by atoms with Crippen LogP contribution in [0.15, 0.2) is 58.8 Å². The standard InChI is InChI=1S/C20H22N4O4S/c1-15-4-6-17(7-5-15)29(26,27)24-10-8-20(14-24)11-18(23-28-20)19(25)22-13-16-3-2-9-21-12-16/h2-7,9,12H,8,10-11,13-14H2,1H3,(H,22,25). The molecule has 0 bridgehead atoms. The number of oxime groups is 1. The topological polar surface area (TPSA) is 101 Å². The van der Waals surface area contributed by atoms with Gasteiger partial charge in [0.05, 0.1) is 11.4 Å². The first kappa shape index (κ1) is 19.5. The minimum Gasteiger partial charge on any atom is -0.387 e. The van der Waals surface area contributed by atoms with Crippen molar-refractivity contribution in [1.82, 2.24) is 14.6 Å². The number of pyridine rings is 1. The van der Waals surface area contributed by atoms with Gasteiger partial charge in [-0.2, -0.15) is 4.31 Å². The second kappa shape index (κ2) is 7.57. The Hall–Kier alpha value is -2.78. The van der Waals surface area contributed by atoms with Crippen LogP contribution in [-0.4, -0.2) is 48.0 Å². The molecule has 9 heteroatoms. The van der Waals surface area contributed by atoms with Crippen LogP contribution < -0.4 is 5.32 Å². The fourth-order valence-electron chi connectivity index (χ4n) is 3.52. The van der Waals surface area contributed by atoms with Gasteiger partial charge in [-0.15, -0.1) is 0 Å². The van der Waals surface area contributed by atoms with Crippen molar-refractivity contribution in [3.63, 3.8) is 0 Å². The number of amides is 1. The average Bonchev–Trinajstić information content (AvgIpc) is 3.35. The molecule has 1 spiro atoms. The predicted octanol–water partition coefficient (Wildman–Crippen LogP) is 1.62. The number of sulfonamides is 1. The Morgan fingerprint density at radius 3 is 2.79 bits per heavy atom. The van der Waals surface area contributed by atoms with E-state index in [2.05, 4.69) is 15.5 Å². The monoisotopic (exact) mass is 414 g/mol. The van der Waals surface area contributed by atoms with Crippen LogP contribution in [0, 0.1) is 6.92 Å². The number of carbonyl (C=O) groups is 1. The minimum absolute atomic E-state index is 0.173. The van der Waals surface area contributed by atoms with E-state index in [9.17, 15) is 13.2 Å². The van der Waals surface area contributed by atoms with E-state index in [1.165, 1.54) is 4.31 Å². The summed E-state index contributed by atoms with van der Waals surface area (Å²) in [5.74, 6) is -0.314. The van der Waals surface area contributed by atoms with Gasteiger partial charge in [0.25, 0.3) is 5.91 Å². The SMILES string of the molecule is Cc1ccc(S(=O)(=O)N2CCC3(CC(C(=O)NCc4cccnc4)=NO3)C2)cc1. The Morgan fingerprint density at radius 2 is 2.07 bits per heavy atom. The second-order valence-electron chi connectivity index (χ2n) is 7.43. The van der Waals surface area contributed by atoms with Crippen LogP contribution in [0.5, 0.6) is 0 Å². The molecule has 1 amide bonds. The van der Waals surface area contributed by atoms with Gasteiger partial charge in [0.2, 0.25) is 10.0 Å². The van der Waals surface area contributed by atoms with Gasteiger partial charge in [0.15, 0.2) is 5.60 Å². The number of nitrogens with one attached hydrogen (secondary N) is 1. The summed E-state index contributed by atoms with van der Waals surface area (Å²) in [5, 5.41) is 6.75. The van der Waals surface area contributed by atoms with Crippen molar-refractivity contribution in [3.8, 4) is 0 Å². The van der Waals surface area contributed by atoms with Gasteiger partial charge >= 0.3 is 0 Å². The molecule has 0 radical (unpaired) electrons. The lowest BCUT2D eigenvalue weighted by atomic mass is 9.96. The van der Waals surface area contributed by atoms with Gasteiger partial charge in [-0.05, 0) is 30.7 Å². The minimum atomic E-state index is -3.61. The van der Waals surface area contributed by atoms with Crippen molar-refractivity contribution in [1.29, 1.82) is 0 Å². The third-order valence-electron chi connectivity index (χ3n) is 5.22. The molecule has 4 rings (SSSR count). The molecular weight excluding hydrogens is 392 g/mol. The molecule has 3 heterocycles. The summed E-state index contributed by atoms with van der Waals surface area (Å²) in [6.07, 6.45) is 4.12. The van der Waals surface area contributed by atoms with E-state index in [1.54, 1.807) is 42.7 Å². The van der Waals surface area contributed by atoms with Crippen LogP contribution in [-0.2, 0) is 26.2 Å². The summed E-state index contributed by atoms with van der Waals surface area (Å²) in [7, 11) is -3.61. The lowest BCUT2D eigenvalue weighted by Gasteiger charge is -2.21. The Morgan fingerprint density at radius 1 is 1.28 bits per heavy atom. The van der Waals surface area contributed by atoms with Crippen molar-refractivity contribution >= 4 is 21.6 Å². The van der Waals surface area contributed by atoms with Gasteiger partial charge in [-0.3, -0.25) is 9.78 Å². The molecule has 1 N–H and O–H groups in total. The zero-order valence-electron chi connectivity index (χ0n) is 16.0.